The lowest BCUT2D eigenvalue weighted by Crippen LogP contribution is -2.41. The first kappa shape index (κ1) is 12.0. The normalized spacial score (nSPS) is 37.2. The first-order valence-corrected chi connectivity index (χ1v) is 6.20. The standard InChI is InChI=1S/C12H20O4/c1-3-4-5-6-7-14-12-11-10(16-11)9(13)8(2)15-12/h8,10-12H,3-7H2,1-2H3. The molecule has 2 saturated heterocycles. The maximum Gasteiger partial charge on any atom is 0.192 e. The Morgan fingerprint density at radius 1 is 1.25 bits per heavy atom. The maximum atomic E-state index is 11.4. The molecule has 0 N–H and O–H groups in total. The second-order valence-corrected chi connectivity index (χ2v) is 4.50. The Balaban J connectivity index is 1.65. The number of ketones is 1. The number of rotatable bonds is 6. The smallest absolute Gasteiger partial charge is 0.192 e. The summed E-state index contributed by atoms with van der Waals surface area (Å²) in [5.41, 5.74) is 0. The van der Waals surface area contributed by atoms with Crippen molar-refractivity contribution >= 4 is 5.78 Å². The molecule has 0 spiro atoms. The third-order valence-electron chi connectivity index (χ3n) is 3.09. The first-order chi connectivity index (χ1) is 7.74. The molecule has 2 aliphatic heterocycles. The summed E-state index contributed by atoms with van der Waals surface area (Å²) >= 11 is 0. The third-order valence-corrected chi connectivity index (χ3v) is 3.09. The van der Waals surface area contributed by atoms with Gasteiger partial charge in [-0.1, -0.05) is 26.2 Å². The molecule has 16 heavy (non-hydrogen) atoms. The predicted molar refractivity (Wildman–Crippen MR) is 58.1 cm³/mol. The summed E-state index contributed by atoms with van der Waals surface area (Å²) < 4.78 is 16.3. The van der Waals surface area contributed by atoms with Crippen LogP contribution in [0.5, 0.6) is 0 Å². The van der Waals surface area contributed by atoms with Gasteiger partial charge in [0.1, 0.15) is 12.2 Å². The molecule has 92 valence electrons. The minimum atomic E-state index is -0.385. The second-order valence-electron chi connectivity index (χ2n) is 4.50. The van der Waals surface area contributed by atoms with Crippen molar-refractivity contribution < 1.29 is 19.0 Å². The number of unbranched alkanes of at least 4 members (excludes halogenated alkanes) is 3. The summed E-state index contributed by atoms with van der Waals surface area (Å²) in [6.07, 6.45) is 3.58. The number of epoxide rings is 1. The van der Waals surface area contributed by atoms with Crippen LogP contribution in [0, 0.1) is 0 Å². The molecular formula is C12H20O4. The Hall–Kier alpha value is -0.450. The number of Topliss-reactive ketones (excluding diaryl/α,β-unsaturated/α-hetero) is 1. The van der Waals surface area contributed by atoms with Gasteiger partial charge in [-0.15, -0.1) is 0 Å². The van der Waals surface area contributed by atoms with Crippen LogP contribution in [0.25, 0.3) is 0 Å². The predicted octanol–water partition coefficient (Wildman–Crippen LogP) is 1.66. The molecule has 4 nitrogen and oxygen atoms in total. The van der Waals surface area contributed by atoms with Gasteiger partial charge in [-0.2, -0.15) is 0 Å². The number of carbonyl (C=O) groups is 1. The van der Waals surface area contributed by atoms with E-state index in [1.165, 1.54) is 19.3 Å². The SMILES string of the molecule is CCCCCCOC1OC(C)C(=O)C2OC12. The molecule has 0 aromatic rings. The van der Waals surface area contributed by atoms with Crippen LogP contribution in [0.3, 0.4) is 0 Å². The fraction of sp³-hybridized carbons (Fsp3) is 0.917. The monoisotopic (exact) mass is 228 g/mol. The van der Waals surface area contributed by atoms with Gasteiger partial charge in [-0.05, 0) is 13.3 Å². The molecule has 0 aliphatic carbocycles. The number of fused-ring (bicyclic) bond motifs is 1. The Morgan fingerprint density at radius 2 is 2.06 bits per heavy atom. The molecule has 2 aliphatic rings. The Morgan fingerprint density at radius 3 is 2.81 bits per heavy atom. The molecule has 4 heteroatoms. The lowest BCUT2D eigenvalue weighted by molar-refractivity contribution is -0.187. The lowest BCUT2D eigenvalue weighted by Gasteiger charge is -2.23. The fourth-order valence-corrected chi connectivity index (χ4v) is 2.00. The first-order valence-electron chi connectivity index (χ1n) is 6.20. The van der Waals surface area contributed by atoms with Crippen molar-refractivity contribution in [3.05, 3.63) is 0 Å². The van der Waals surface area contributed by atoms with Crippen molar-refractivity contribution in [1.29, 1.82) is 0 Å². The summed E-state index contributed by atoms with van der Waals surface area (Å²) in [5, 5.41) is 0. The van der Waals surface area contributed by atoms with Crippen molar-refractivity contribution in [1.82, 2.24) is 0 Å². The summed E-state index contributed by atoms with van der Waals surface area (Å²) in [6, 6.07) is 0. The van der Waals surface area contributed by atoms with Crippen LogP contribution in [0.15, 0.2) is 0 Å². The van der Waals surface area contributed by atoms with E-state index in [4.69, 9.17) is 14.2 Å². The van der Waals surface area contributed by atoms with Crippen molar-refractivity contribution in [2.24, 2.45) is 0 Å². The van der Waals surface area contributed by atoms with E-state index in [1.54, 1.807) is 6.92 Å². The molecule has 0 saturated carbocycles. The third kappa shape index (κ3) is 2.62. The number of ether oxygens (including phenoxy) is 3. The van der Waals surface area contributed by atoms with E-state index >= 15 is 0 Å². The minimum Gasteiger partial charge on any atom is -0.356 e. The van der Waals surface area contributed by atoms with Crippen LogP contribution in [0.1, 0.15) is 39.5 Å². The van der Waals surface area contributed by atoms with Gasteiger partial charge in [0, 0.05) is 6.61 Å². The van der Waals surface area contributed by atoms with Crippen molar-refractivity contribution in [2.75, 3.05) is 6.61 Å². The van der Waals surface area contributed by atoms with E-state index in [0.717, 1.165) is 6.42 Å². The number of hydrogen-bond donors (Lipinski definition) is 0. The van der Waals surface area contributed by atoms with Gasteiger partial charge in [-0.3, -0.25) is 4.79 Å². The zero-order chi connectivity index (χ0) is 11.5. The summed E-state index contributed by atoms with van der Waals surface area (Å²) in [7, 11) is 0. The molecule has 4 atom stereocenters. The summed E-state index contributed by atoms with van der Waals surface area (Å²) in [5.74, 6) is 0.0517. The molecule has 2 rings (SSSR count). The average Bonchev–Trinajstić information content (AvgIpc) is 3.05. The highest BCUT2D eigenvalue weighted by atomic mass is 16.7. The van der Waals surface area contributed by atoms with E-state index in [9.17, 15) is 4.79 Å². The van der Waals surface area contributed by atoms with E-state index in [2.05, 4.69) is 6.92 Å². The van der Waals surface area contributed by atoms with E-state index in [0.29, 0.717) is 6.61 Å². The van der Waals surface area contributed by atoms with Gasteiger partial charge in [0.2, 0.25) is 0 Å². The second kappa shape index (κ2) is 5.25. The lowest BCUT2D eigenvalue weighted by atomic mass is 10.1. The molecule has 0 amide bonds. The van der Waals surface area contributed by atoms with Crippen LogP contribution in [0.2, 0.25) is 0 Å². The Bertz CT molecular complexity index is 249. The summed E-state index contributed by atoms with van der Waals surface area (Å²) in [6.45, 7) is 4.63. The Kier molecular flexibility index (Phi) is 3.95. The van der Waals surface area contributed by atoms with Crippen LogP contribution >= 0.6 is 0 Å². The van der Waals surface area contributed by atoms with Gasteiger partial charge in [-0.25, -0.2) is 0 Å². The van der Waals surface area contributed by atoms with E-state index < -0.39 is 0 Å². The van der Waals surface area contributed by atoms with Gasteiger partial charge >= 0.3 is 0 Å². The molecule has 0 radical (unpaired) electrons. The fourth-order valence-electron chi connectivity index (χ4n) is 2.00. The van der Waals surface area contributed by atoms with Crippen LogP contribution in [0.4, 0.5) is 0 Å². The van der Waals surface area contributed by atoms with Crippen molar-refractivity contribution in [3.8, 4) is 0 Å². The highest BCUT2D eigenvalue weighted by Gasteiger charge is 2.57. The van der Waals surface area contributed by atoms with Gasteiger partial charge in [0.25, 0.3) is 0 Å². The molecule has 0 bridgehead atoms. The van der Waals surface area contributed by atoms with Gasteiger partial charge < -0.3 is 14.2 Å². The number of hydrogen-bond acceptors (Lipinski definition) is 4. The Labute approximate surface area is 96.2 Å². The van der Waals surface area contributed by atoms with Crippen LogP contribution in [-0.4, -0.2) is 37.0 Å². The molecule has 2 fully saturated rings. The zero-order valence-electron chi connectivity index (χ0n) is 9.98. The highest BCUT2D eigenvalue weighted by Crippen LogP contribution is 2.35. The molecular weight excluding hydrogens is 208 g/mol. The highest BCUT2D eigenvalue weighted by molar-refractivity contribution is 5.90. The average molecular weight is 228 g/mol. The molecule has 0 aromatic heterocycles. The largest absolute Gasteiger partial charge is 0.356 e. The topological polar surface area (TPSA) is 48.1 Å². The minimum absolute atomic E-state index is 0.0517. The quantitative estimate of drug-likeness (QED) is 0.512. The maximum absolute atomic E-state index is 11.4. The molecule has 0 aromatic carbocycles. The van der Waals surface area contributed by atoms with Crippen molar-refractivity contribution in [3.63, 3.8) is 0 Å². The van der Waals surface area contributed by atoms with E-state index in [1.807, 2.05) is 0 Å². The zero-order valence-corrected chi connectivity index (χ0v) is 9.98. The summed E-state index contributed by atoms with van der Waals surface area (Å²) in [4.78, 5) is 11.4. The van der Waals surface area contributed by atoms with Crippen molar-refractivity contribution in [2.45, 2.75) is 64.1 Å². The van der Waals surface area contributed by atoms with Gasteiger partial charge in [0.05, 0.1) is 0 Å². The molecule has 4 unspecified atom stereocenters. The van der Waals surface area contributed by atoms with E-state index in [-0.39, 0.29) is 30.4 Å². The van der Waals surface area contributed by atoms with Crippen LogP contribution in [-0.2, 0) is 19.0 Å². The molecule has 2 heterocycles. The van der Waals surface area contributed by atoms with Crippen LogP contribution < -0.4 is 0 Å². The van der Waals surface area contributed by atoms with Gasteiger partial charge in [0.15, 0.2) is 18.2 Å². The number of carbonyl (C=O) groups excluding carboxylic acids is 1.